The third kappa shape index (κ3) is 3.10. The van der Waals surface area contributed by atoms with Crippen molar-refractivity contribution in [3.05, 3.63) is 35.3 Å². The second kappa shape index (κ2) is 5.89. The third-order valence-electron chi connectivity index (χ3n) is 2.99. The molecule has 0 aliphatic carbocycles. The molecular formula is C15H15BrN4OS. The monoisotopic (exact) mass is 378 g/mol. The Morgan fingerprint density at radius 1 is 1.41 bits per heavy atom. The van der Waals surface area contributed by atoms with Crippen molar-refractivity contribution in [1.29, 1.82) is 0 Å². The quantitative estimate of drug-likeness (QED) is 0.640. The van der Waals surface area contributed by atoms with Crippen LogP contribution >= 0.6 is 27.7 Å². The van der Waals surface area contributed by atoms with E-state index in [-0.39, 0.29) is 0 Å². The van der Waals surface area contributed by atoms with Crippen LogP contribution in [0.5, 0.6) is 5.88 Å². The number of nitrogens with one attached hydrogen (secondary N) is 1. The van der Waals surface area contributed by atoms with E-state index in [0.717, 1.165) is 21.5 Å². The van der Waals surface area contributed by atoms with Crippen molar-refractivity contribution in [3.63, 3.8) is 0 Å². The van der Waals surface area contributed by atoms with Gasteiger partial charge in [-0.15, -0.1) is 16.8 Å². The van der Waals surface area contributed by atoms with E-state index in [1.165, 1.54) is 11.8 Å². The number of anilines is 1. The lowest BCUT2D eigenvalue weighted by Gasteiger charge is -2.26. The predicted octanol–water partition coefficient (Wildman–Crippen LogP) is 4.12. The van der Waals surface area contributed by atoms with Crippen molar-refractivity contribution in [2.24, 2.45) is 0 Å². The second-order valence-electron chi connectivity index (χ2n) is 5.28. The lowest BCUT2D eigenvalue weighted by Crippen LogP contribution is -2.37. The molecule has 7 heteroatoms. The molecule has 0 bridgehead atoms. The SMILES string of the molecule is C=CCSc1nnc2c(n1)OC(C)(C)Nc1ccc(Br)cc1-2. The second-order valence-corrected chi connectivity index (χ2v) is 7.18. The number of ether oxygens (including phenoxy) is 1. The van der Waals surface area contributed by atoms with E-state index < -0.39 is 5.72 Å². The summed E-state index contributed by atoms with van der Waals surface area (Å²) < 4.78 is 6.97. The van der Waals surface area contributed by atoms with Gasteiger partial charge in [0.2, 0.25) is 11.0 Å². The van der Waals surface area contributed by atoms with E-state index in [1.54, 1.807) is 6.08 Å². The Bertz CT molecular complexity index is 735. The Balaban J connectivity index is 2.13. The van der Waals surface area contributed by atoms with Crippen LogP contribution < -0.4 is 10.1 Å². The Morgan fingerprint density at radius 2 is 2.23 bits per heavy atom. The standard InChI is InChI=1S/C15H15BrN4OS/c1-4-7-22-14-17-13-12(19-20-14)10-8-9(16)5-6-11(10)18-15(2,3)21-13/h4-6,8,18H,1,7H2,2-3H3. The van der Waals surface area contributed by atoms with Gasteiger partial charge in [0, 0.05) is 21.5 Å². The number of hydrogen-bond acceptors (Lipinski definition) is 6. The fraction of sp³-hybridized carbons (Fsp3) is 0.267. The smallest absolute Gasteiger partial charge is 0.247 e. The molecule has 2 heterocycles. The first-order chi connectivity index (χ1) is 10.5. The Morgan fingerprint density at radius 3 is 3.00 bits per heavy atom. The Hall–Kier alpha value is -1.60. The van der Waals surface area contributed by atoms with Gasteiger partial charge >= 0.3 is 0 Å². The molecule has 1 aliphatic heterocycles. The van der Waals surface area contributed by atoms with Gasteiger partial charge in [0.25, 0.3) is 0 Å². The summed E-state index contributed by atoms with van der Waals surface area (Å²) in [5.74, 6) is 1.21. The molecular weight excluding hydrogens is 364 g/mol. The van der Waals surface area contributed by atoms with Crippen LogP contribution in [-0.2, 0) is 0 Å². The van der Waals surface area contributed by atoms with E-state index in [2.05, 4.69) is 43.0 Å². The summed E-state index contributed by atoms with van der Waals surface area (Å²) in [5.41, 5.74) is 1.90. The molecule has 1 aromatic carbocycles. The number of rotatable bonds is 3. The molecule has 0 spiro atoms. The van der Waals surface area contributed by atoms with Gasteiger partial charge in [-0.1, -0.05) is 33.8 Å². The minimum absolute atomic E-state index is 0.482. The molecule has 2 aromatic rings. The average Bonchev–Trinajstić information content (AvgIpc) is 2.57. The minimum Gasteiger partial charge on any atom is -0.450 e. The van der Waals surface area contributed by atoms with Crippen LogP contribution in [0.1, 0.15) is 13.8 Å². The van der Waals surface area contributed by atoms with Crippen molar-refractivity contribution in [3.8, 4) is 17.1 Å². The van der Waals surface area contributed by atoms with Gasteiger partial charge in [-0.05, 0) is 32.0 Å². The highest BCUT2D eigenvalue weighted by molar-refractivity contribution is 9.10. The van der Waals surface area contributed by atoms with Crippen molar-refractivity contribution in [2.45, 2.75) is 24.7 Å². The summed E-state index contributed by atoms with van der Waals surface area (Å²) in [4.78, 5) is 4.50. The number of aromatic nitrogens is 3. The first-order valence-corrected chi connectivity index (χ1v) is 8.52. The molecule has 0 saturated heterocycles. The van der Waals surface area contributed by atoms with E-state index >= 15 is 0 Å². The number of nitrogens with zero attached hydrogens (tertiary/aromatic N) is 3. The zero-order valence-electron chi connectivity index (χ0n) is 12.3. The van der Waals surface area contributed by atoms with E-state index in [4.69, 9.17) is 4.74 Å². The molecule has 3 rings (SSSR count). The van der Waals surface area contributed by atoms with Crippen molar-refractivity contribution >= 4 is 33.4 Å². The summed E-state index contributed by atoms with van der Waals surface area (Å²) in [6.07, 6.45) is 1.80. The first kappa shape index (κ1) is 15.3. The van der Waals surface area contributed by atoms with Crippen LogP contribution in [0.25, 0.3) is 11.3 Å². The van der Waals surface area contributed by atoms with Gasteiger partial charge in [0.1, 0.15) is 0 Å². The lowest BCUT2D eigenvalue weighted by molar-refractivity contribution is 0.134. The number of fused-ring (bicyclic) bond motifs is 3. The molecule has 1 aromatic heterocycles. The molecule has 1 aliphatic rings. The number of benzene rings is 1. The fourth-order valence-corrected chi connectivity index (χ4v) is 3.02. The number of thioether (sulfide) groups is 1. The number of halogens is 1. The van der Waals surface area contributed by atoms with E-state index in [1.807, 2.05) is 32.0 Å². The highest BCUT2D eigenvalue weighted by atomic mass is 79.9. The fourth-order valence-electron chi connectivity index (χ4n) is 2.15. The van der Waals surface area contributed by atoms with Crippen LogP contribution in [-0.4, -0.2) is 26.7 Å². The summed E-state index contributed by atoms with van der Waals surface area (Å²) in [5, 5.41) is 12.4. The minimum atomic E-state index is -0.593. The molecule has 0 amide bonds. The first-order valence-electron chi connectivity index (χ1n) is 6.74. The summed E-state index contributed by atoms with van der Waals surface area (Å²) in [6, 6.07) is 5.95. The largest absolute Gasteiger partial charge is 0.450 e. The van der Waals surface area contributed by atoms with Crippen molar-refractivity contribution in [2.75, 3.05) is 11.1 Å². The zero-order valence-corrected chi connectivity index (χ0v) is 14.7. The molecule has 1 N–H and O–H groups in total. The van der Waals surface area contributed by atoms with Crippen molar-refractivity contribution in [1.82, 2.24) is 15.2 Å². The average molecular weight is 379 g/mol. The van der Waals surface area contributed by atoms with Crippen LogP contribution in [0.4, 0.5) is 5.69 Å². The van der Waals surface area contributed by atoms with Gasteiger partial charge in [0.05, 0.1) is 0 Å². The van der Waals surface area contributed by atoms with Crippen molar-refractivity contribution < 1.29 is 4.74 Å². The topological polar surface area (TPSA) is 59.9 Å². The zero-order chi connectivity index (χ0) is 15.7. The van der Waals surface area contributed by atoms with E-state index in [9.17, 15) is 0 Å². The molecule has 0 saturated carbocycles. The molecule has 0 unspecified atom stereocenters. The van der Waals surface area contributed by atoms with Crippen LogP contribution in [0.15, 0.2) is 40.5 Å². The molecule has 0 atom stereocenters. The van der Waals surface area contributed by atoms with E-state index in [0.29, 0.717) is 16.7 Å². The maximum atomic E-state index is 6.01. The highest BCUT2D eigenvalue weighted by Gasteiger charge is 2.30. The van der Waals surface area contributed by atoms with Crippen LogP contribution in [0.3, 0.4) is 0 Å². The van der Waals surface area contributed by atoms with Crippen LogP contribution in [0.2, 0.25) is 0 Å². The Kier molecular flexibility index (Phi) is 4.10. The van der Waals surface area contributed by atoms with Gasteiger partial charge in [-0.3, -0.25) is 0 Å². The molecule has 0 fully saturated rings. The van der Waals surface area contributed by atoms with Gasteiger partial charge in [0.15, 0.2) is 11.4 Å². The van der Waals surface area contributed by atoms with Crippen LogP contribution in [0, 0.1) is 0 Å². The normalized spacial score (nSPS) is 14.9. The lowest BCUT2D eigenvalue weighted by atomic mass is 10.1. The predicted molar refractivity (Wildman–Crippen MR) is 92.2 cm³/mol. The van der Waals surface area contributed by atoms with Gasteiger partial charge in [-0.25, -0.2) is 0 Å². The summed E-state index contributed by atoms with van der Waals surface area (Å²) >= 11 is 4.96. The highest BCUT2D eigenvalue weighted by Crippen LogP contribution is 2.39. The summed E-state index contributed by atoms with van der Waals surface area (Å²) in [7, 11) is 0. The molecule has 5 nitrogen and oxygen atoms in total. The maximum Gasteiger partial charge on any atom is 0.247 e. The molecule has 0 radical (unpaired) electrons. The van der Waals surface area contributed by atoms with Gasteiger partial charge in [-0.2, -0.15) is 4.98 Å². The molecule has 114 valence electrons. The maximum absolute atomic E-state index is 6.01. The third-order valence-corrected chi connectivity index (χ3v) is 4.32. The molecule has 22 heavy (non-hydrogen) atoms. The summed E-state index contributed by atoms with van der Waals surface area (Å²) in [6.45, 7) is 7.60. The Labute approximate surface area is 141 Å². The van der Waals surface area contributed by atoms with Gasteiger partial charge < -0.3 is 10.1 Å². The number of hydrogen-bond donors (Lipinski definition) is 1.